The van der Waals surface area contributed by atoms with Gasteiger partial charge in [0.15, 0.2) is 29.1 Å². The molecule has 0 spiro atoms. The second-order valence-electron chi connectivity index (χ2n) is 1.84. The molecule has 0 fully saturated rings. The first kappa shape index (κ1) is 10.6. The minimum atomic E-state index is -1.48. The van der Waals surface area contributed by atoms with Crippen LogP contribution in [0.15, 0.2) is 0 Å². The van der Waals surface area contributed by atoms with Crippen molar-refractivity contribution < 1.29 is 22.9 Å². The molecular weight excluding hydrogens is 267 g/mol. The number of carboxylic acid groups (broad SMARTS) is 1. The number of carboxylic acids is 1. The minimum Gasteiger partial charge on any atom is -0.479 e. The molecule has 1 atom stereocenters. The average Bonchev–Trinajstić information content (AvgIpc) is 1.99. The van der Waals surface area contributed by atoms with Crippen molar-refractivity contribution in [3.8, 4) is 0 Å². The Balaban J connectivity index is 3.54. The highest BCUT2D eigenvalue weighted by Crippen LogP contribution is 2.01. The maximum absolute atomic E-state index is 10.4. The summed E-state index contributed by atoms with van der Waals surface area (Å²) in [5.74, 6) is -1.86. The lowest BCUT2D eigenvalue weighted by molar-refractivity contribution is -0.147. The van der Waals surface area contributed by atoms with E-state index in [2.05, 4.69) is 3.07 Å². The number of hydrogen-bond donors (Lipinski definition) is 2. The van der Waals surface area contributed by atoms with Gasteiger partial charge in [-0.05, 0) is 6.42 Å². The predicted molar refractivity (Wildman–Crippen MR) is 43.0 cm³/mol. The zero-order valence-corrected chi connectivity index (χ0v) is 7.65. The summed E-state index contributed by atoms with van der Waals surface area (Å²) in [6, 6.07) is 0. The summed E-state index contributed by atoms with van der Waals surface area (Å²) in [5.41, 5.74) is 0. The van der Waals surface area contributed by atoms with E-state index in [1.807, 2.05) is 0 Å². The van der Waals surface area contributed by atoms with Crippen molar-refractivity contribution in [1.82, 2.24) is 0 Å². The topological polar surface area (TPSA) is 83.8 Å². The summed E-state index contributed by atoms with van der Waals surface area (Å²) in [6.07, 6.45) is -1.68. The van der Waals surface area contributed by atoms with E-state index in [1.165, 1.54) is 23.0 Å². The Kier molecular flexibility index (Phi) is 5.12. The van der Waals surface area contributed by atoms with E-state index in [-0.39, 0.29) is 12.8 Å². The predicted octanol–water partition coefficient (Wildman–Crippen LogP) is 0.105. The van der Waals surface area contributed by atoms with E-state index in [4.69, 9.17) is 10.2 Å². The Morgan fingerprint density at radius 3 is 2.45 bits per heavy atom. The van der Waals surface area contributed by atoms with Crippen molar-refractivity contribution in [2.45, 2.75) is 18.9 Å². The Morgan fingerprint density at radius 2 is 2.09 bits per heavy atom. The van der Waals surface area contributed by atoms with Crippen molar-refractivity contribution in [2.24, 2.45) is 0 Å². The zero-order chi connectivity index (χ0) is 8.85. The van der Waals surface area contributed by atoms with Crippen LogP contribution in [-0.4, -0.2) is 28.3 Å². The van der Waals surface area contributed by atoms with Crippen LogP contribution in [0.2, 0.25) is 0 Å². The number of aliphatic carboxylic acids is 1. The highest BCUT2D eigenvalue weighted by Gasteiger charge is 2.14. The minimum absolute atomic E-state index is 0.0869. The van der Waals surface area contributed by atoms with Crippen LogP contribution in [-0.2, 0) is 12.7 Å². The van der Waals surface area contributed by atoms with E-state index in [9.17, 15) is 9.59 Å². The van der Waals surface area contributed by atoms with Gasteiger partial charge in [0.2, 0.25) is 0 Å². The summed E-state index contributed by atoms with van der Waals surface area (Å²) < 4.78 is 4.21. The summed E-state index contributed by atoms with van der Waals surface area (Å²) in [5, 5.41) is 16.8. The van der Waals surface area contributed by atoms with Gasteiger partial charge in [-0.3, -0.25) is 4.79 Å². The van der Waals surface area contributed by atoms with Crippen molar-refractivity contribution >= 4 is 34.9 Å². The number of halogens is 1. The van der Waals surface area contributed by atoms with E-state index in [0.29, 0.717) is 0 Å². The lowest BCUT2D eigenvalue weighted by Crippen LogP contribution is -2.20. The van der Waals surface area contributed by atoms with Crippen molar-refractivity contribution in [3.63, 3.8) is 0 Å². The Labute approximate surface area is 77.0 Å². The van der Waals surface area contributed by atoms with Crippen molar-refractivity contribution in [1.29, 1.82) is 0 Å². The number of aliphatic hydroxyl groups is 1. The van der Waals surface area contributed by atoms with Gasteiger partial charge in [-0.2, -0.15) is 0 Å². The molecule has 0 heterocycles. The fourth-order valence-electron chi connectivity index (χ4n) is 0.417. The number of hydrogen-bond acceptors (Lipinski definition) is 4. The molecule has 11 heavy (non-hydrogen) atoms. The molecule has 0 rings (SSSR count). The van der Waals surface area contributed by atoms with Gasteiger partial charge in [0.1, 0.15) is 0 Å². The Bertz CT molecular complexity index is 157. The van der Waals surface area contributed by atoms with Crippen LogP contribution in [0.4, 0.5) is 0 Å². The molecule has 0 bridgehead atoms. The van der Waals surface area contributed by atoms with Gasteiger partial charge < -0.3 is 13.3 Å². The van der Waals surface area contributed by atoms with Crippen LogP contribution < -0.4 is 0 Å². The largest absolute Gasteiger partial charge is 0.479 e. The lowest BCUT2D eigenvalue weighted by Gasteiger charge is -2.01. The molecule has 0 aliphatic rings. The quantitative estimate of drug-likeness (QED) is 0.710. The molecule has 0 saturated heterocycles. The summed E-state index contributed by atoms with van der Waals surface area (Å²) >= 11 is 1.40. The summed E-state index contributed by atoms with van der Waals surface area (Å²) in [7, 11) is 0. The van der Waals surface area contributed by atoms with Crippen LogP contribution in [0.5, 0.6) is 0 Å². The standard InChI is InChI=1S/C5H7IO5/c6-11-4(8)2-1-3(7)5(9)10/h3,7H,1-2H2,(H,9,10). The molecule has 1 unspecified atom stereocenters. The molecule has 2 N–H and O–H groups in total. The van der Waals surface area contributed by atoms with Crippen LogP contribution in [0.1, 0.15) is 12.8 Å². The van der Waals surface area contributed by atoms with Gasteiger partial charge >= 0.3 is 11.9 Å². The number of rotatable bonds is 4. The van der Waals surface area contributed by atoms with Crippen molar-refractivity contribution in [3.05, 3.63) is 0 Å². The van der Waals surface area contributed by atoms with E-state index in [1.54, 1.807) is 0 Å². The number of aliphatic hydroxyl groups excluding tert-OH is 1. The molecule has 5 nitrogen and oxygen atoms in total. The SMILES string of the molecule is O=C(CCC(O)C(=O)O)OI. The molecule has 0 aromatic carbocycles. The zero-order valence-electron chi connectivity index (χ0n) is 5.49. The van der Waals surface area contributed by atoms with Crippen molar-refractivity contribution in [2.75, 3.05) is 0 Å². The third-order valence-corrected chi connectivity index (χ3v) is 1.48. The summed E-state index contributed by atoms with van der Waals surface area (Å²) in [4.78, 5) is 20.4. The van der Waals surface area contributed by atoms with Gasteiger partial charge in [-0.15, -0.1) is 0 Å². The number of carbonyl (C=O) groups is 2. The molecule has 0 aliphatic carbocycles. The molecular formula is C5H7IO5. The Hall–Kier alpha value is -0.370. The van der Waals surface area contributed by atoms with Crippen LogP contribution in [0.3, 0.4) is 0 Å². The highest BCUT2D eigenvalue weighted by molar-refractivity contribution is 14.1. The lowest BCUT2D eigenvalue weighted by atomic mass is 10.2. The normalized spacial score (nSPS) is 12.2. The second kappa shape index (κ2) is 5.30. The van der Waals surface area contributed by atoms with E-state index in [0.717, 1.165) is 0 Å². The molecule has 0 amide bonds. The molecule has 64 valence electrons. The first-order chi connectivity index (χ1) is 5.07. The molecule has 0 aromatic rings. The fourth-order valence-corrected chi connectivity index (χ4v) is 0.637. The van der Waals surface area contributed by atoms with Gasteiger partial charge in [0, 0.05) is 6.42 Å². The van der Waals surface area contributed by atoms with Gasteiger partial charge in [0.25, 0.3) is 0 Å². The maximum atomic E-state index is 10.4. The first-order valence-electron chi connectivity index (χ1n) is 2.80. The molecule has 6 heteroatoms. The Morgan fingerprint density at radius 1 is 1.55 bits per heavy atom. The summed E-state index contributed by atoms with van der Waals surface area (Å²) in [6.45, 7) is 0. The third-order valence-electron chi connectivity index (χ3n) is 0.993. The molecule has 0 aromatic heterocycles. The van der Waals surface area contributed by atoms with Gasteiger partial charge in [-0.1, -0.05) is 0 Å². The highest BCUT2D eigenvalue weighted by atomic mass is 127. The van der Waals surface area contributed by atoms with Crippen LogP contribution >= 0.6 is 23.0 Å². The average molecular weight is 274 g/mol. The molecule has 0 saturated carbocycles. The maximum Gasteiger partial charge on any atom is 0.332 e. The monoisotopic (exact) mass is 274 g/mol. The van der Waals surface area contributed by atoms with Crippen LogP contribution in [0.25, 0.3) is 0 Å². The molecule has 0 aliphatic heterocycles. The van der Waals surface area contributed by atoms with Gasteiger partial charge in [0.05, 0.1) is 0 Å². The van der Waals surface area contributed by atoms with E-state index < -0.39 is 18.0 Å². The number of carbonyl (C=O) groups excluding carboxylic acids is 1. The fraction of sp³-hybridized carbons (Fsp3) is 0.600. The van der Waals surface area contributed by atoms with Crippen LogP contribution in [0, 0.1) is 0 Å². The molecule has 0 radical (unpaired) electrons. The second-order valence-corrected chi connectivity index (χ2v) is 2.28. The first-order valence-corrected chi connectivity index (χ1v) is 3.68. The van der Waals surface area contributed by atoms with Gasteiger partial charge in [-0.25, -0.2) is 4.79 Å². The smallest absolute Gasteiger partial charge is 0.332 e. The van der Waals surface area contributed by atoms with E-state index >= 15 is 0 Å². The third kappa shape index (κ3) is 4.96.